The smallest absolute Gasteiger partial charge is 0.407 e. The molecule has 1 heterocycles. The molecular formula is C26H30N2O5S. The monoisotopic (exact) mass is 482 g/mol. The summed E-state index contributed by atoms with van der Waals surface area (Å²) in [4.78, 5) is 37.8. The molecule has 1 aliphatic carbocycles. The standard InChI is InChI=1S/C26H30N2O5S/c1-17-7-6-13-28(24(17)25(30)31)23(29)16-34-14-12-27-26(32)33-15-22-20-10-4-2-8-18(20)19-9-3-5-11-21(19)22/h2-5,8-11,17,22,24H,6-7,12-16H2,1H3,(H,27,32)(H,30,31). The third kappa shape index (κ3) is 5.22. The molecule has 7 nitrogen and oxygen atoms in total. The molecule has 180 valence electrons. The first-order valence-corrected chi connectivity index (χ1v) is 12.8. The molecule has 4 rings (SSSR count). The number of thioether (sulfide) groups is 1. The van der Waals surface area contributed by atoms with Gasteiger partial charge >= 0.3 is 12.1 Å². The first kappa shape index (κ1) is 24.1. The molecule has 2 aliphatic rings. The number of hydrogen-bond acceptors (Lipinski definition) is 5. The van der Waals surface area contributed by atoms with Gasteiger partial charge in [0.25, 0.3) is 0 Å². The van der Waals surface area contributed by atoms with Crippen LogP contribution in [0.15, 0.2) is 48.5 Å². The Morgan fingerprint density at radius 2 is 1.74 bits per heavy atom. The molecule has 8 heteroatoms. The molecule has 0 saturated carbocycles. The molecule has 0 spiro atoms. The van der Waals surface area contributed by atoms with Gasteiger partial charge in [-0.15, -0.1) is 0 Å². The number of ether oxygens (including phenoxy) is 1. The van der Waals surface area contributed by atoms with Crippen LogP contribution in [0.3, 0.4) is 0 Å². The molecule has 2 unspecified atom stereocenters. The van der Waals surface area contributed by atoms with Crippen LogP contribution >= 0.6 is 11.8 Å². The number of nitrogens with zero attached hydrogens (tertiary/aromatic N) is 1. The minimum Gasteiger partial charge on any atom is -0.480 e. The number of amides is 2. The van der Waals surface area contributed by atoms with Crippen molar-refractivity contribution in [1.29, 1.82) is 0 Å². The van der Waals surface area contributed by atoms with Crippen LogP contribution in [0, 0.1) is 5.92 Å². The maximum atomic E-state index is 12.5. The van der Waals surface area contributed by atoms with Crippen LogP contribution in [0.5, 0.6) is 0 Å². The summed E-state index contributed by atoms with van der Waals surface area (Å²) in [6, 6.07) is 15.6. The molecule has 34 heavy (non-hydrogen) atoms. The Hall–Kier alpha value is -3.00. The zero-order valence-corrected chi connectivity index (χ0v) is 20.1. The number of hydrogen-bond donors (Lipinski definition) is 2. The van der Waals surface area contributed by atoms with Crippen LogP contribution in [-0.2, 0) is 14.3 Å². The summed E-state index contributed by atoms with van der Waals surface area (Å²) in [6.45, 7) is 2.99. The third-order valence-corrected chi connectivity index (χ3v) is 7.54. The molecule has 2 aromatic rings. The van der Waals surface area contributed by atoms with E-state index in [2.05, 4.69) is 29.6 Å². The van der Waals surface area contributed by atoms with Crippen molar-refractivity contribution in [2.45, 2.75) is 31.7 Å². The quantitative estimate of drug-likeness (QED) is 0.553. The number of likely N-dealkylation sites (tertiary alicyclic amines) is 1. The van der Waals surface area contributed by atoms with E-state index in [1.165, 1.54) is 27.8 Å². The molecule has 0 bridgehead atoms. The highest BCUT2D eigenvalue weighted by molar-refractivity contribution is 7.99. The van der Waals surface area contributed by atoms with E-state index in [0.29, 0.717) is 18.8 Å². The van der Waals surface area contributed by atoms with E-state index in [-0.39, 0.29) is 30.1 Å². The number of nitrogens with one attached hydrogen (secondary N) is 1. The Labute approximate surface area is 203 Å². The Kier molecular flexibility index (Phi) is 7.77. The molecule has 1 fully saturated rings. The zero-order valence-electron chi connectivity index (χ0n) is 19.2. The Morgan fingerprint density at radius 3 is 2.38 bits per heavy atom. The second kappa shape index (κ2) is 11.0. The largest absolute Gasteiger partial charge is 0.480 e. The highest BCUT2D eigenvalue weighted by Crippen LogP contribution is 2.44. The first-order chi connectivity index (χ1) is 16.5. The van der Waals surface area contributed by atoms with E-state index < -0.39 is 18.1 Å². The first-order valence-electron chi connectivity index (χ1n) is 11.7. The lowest BCUT2D eigenvalue weighted by Gasteiger charge is -2.37. The summed E-state index contributed by atoms with van der Waals surface area (Å²) in [5.41, 5.74) is 4.69. The third-order valence-electron chi connectivity index (χ3n) is 6.59. The molecular weight excluding hydrogens is 452 g/mol. The van der Waals surface area contributed by atoms with Gasteiger partial charge in [-0.3, -0.25) is 4.79 Å². The van der Waals surface area contributed by atoms with Crippen molar-refractivity contribution >= 4 is 29.7 Å². The van der Waals surface area contributed by atoms with Crippen molar-refractivity contribution in [1.82, 2.24) is 10.2 Å². The summed E-state index contributed by atoms with van der Waals surface area (Å²) in [5, 5.41) is 12.2. The fraction of sp³-hybridized carbons (Fsp3) is 0.423. The average Bonchev–Trinajstić information content (AvgIpc) is 3.15. The fourth-order valence-electron chi connectivity index (χ4n) is 4.96. The van der Waals surface area contributed by atoms with Crippen molar-refractivity contribution in [3.63, 3.8) is 0 Å². The highest BCUT2D eigenvalue weighted by Gasteiger charge is 2.36. The summed E-state index contributed by atoms with van der Waals surface area (Å²) in [6.07, 6.45) is 1.16. The second-order valence-electron chi connectivity index (χ2n) is 8.79. The van der Waals surface area contributed by atoms with Crippen molar-refractivity contribution in [3.05, 3.63) is 59.7 Å². The van der Waals surface area contributed by atoms with Gasteiger partial charge in [-0.05, 0) is 41.0 Å². The Bertz CT molecular complexity index is 1010. The van der Waals surface area contributed by atoms with E-state index in [9.17, 15) is 19.5 Å². The predicted octanol–water partition coefficient (Wildman–Crippen LogP) is 3.97. The maximum absolute atomic E-state index is 12.5. The zero-order chi connectivity index (χ0) is 24.1. The molecule has 2 aromatic carbocycles. The number of carbonyl (C=O) groups excluding carboxylic acids is 2. The van der Waals surface area contributed by atoms with Gasteiger partial charge < -0.3 is 20.1 Å². The molecule has 0 radical (unpaired) electrons. The number of carbonyl (C=O) groups is 3. The summed E-state index contributed by atoms with van der Waals surface area (Å²) in [7, 11) is 0. The number of aliphatic carboxylic acids is 1. The van der Waals surface area contributed by atoms with Crippen molar-refractivity contribution in [2.24, 2.45) is 5.92 Å². The molecule has 0 aromatic heterocycles. The topological polar surface area (TPSA) is 95.9 Å². The Morgan fingerprint density at radius 1 is 1.09 bits per heavy atom. The summed E-state index contributed by atoms with van der Waals surface area (Å²) in [5.74, 6) is -0.401. The minimum absolute atomic E-state index is 0.0132. The Balaban J connectivity index is 1.19. The van der Waals surface area contributed by atoms with E-state index in [1.807, 2.05) is 31.2 Å². The van der Waals surface area contributed by atoms with Crippen LogP contribution in [0.1, 0.15) is 36.8 Å². The second-order valence-corrected chi connectivity index (χ2v) is 9.90. The number of benzene rings is 2. The SMILES string of the molecule is CC1CCCN(C(=O)CSCCNC(=O)OCC2c3ccccc3-c3ccccc32)C1C(=O)O. The number of rotatable bonds is 8. The van der Waals surface area contributed by atoms with Crippen molar-refractivity contribution < 1.29 is 24.2 Å². The summed E-state index contributed by atoms with van der Waals surface area (Å²) < 4.78 is 5.51. The number of carboxylic acids is 1. The van der Waals surface area contributed by atoms with Gasteiger partial charge in [-0.2, -0.15) is 11.8 Å². The number of alkyl carbamates (subject to hydrolysis) is 1. The molecule has 1 saturated heterocycles. The average molecular weight is 483 g/mol. The van der Waals surface area contributed by atoms with Gasteiger partial charge in [0.1, 0.15) is 12.6 Å². The van der Waals surface area contributed by atoms with Crippen LogP contribution in [0.4, 0.5) is 4.79 Å². The van der Waals surface area contributed by atoms with Gasteiger partial charge in [-0.1, -0.05) is 55.5 Å². The molecule has 1 aliphatic heterocycles. The van der Waals surface area contributed by atoms with Crippen LogP contribution in [-0.4, -0.2) is 65.2 Å². The van der Waals surface area contributed by atoms with Crippen molar-refractivity contribution in [3.8, 4) is 11.1 Å². The number of carboxylic acid groups (broad SMARTS) is 1. The van der Waals surface area contributed by atoms with Gasteiger partial charge in [-0.25, -0.2) is 9.59 Å². The van der Waals surface area contributed by atoms with Gasteiger partial charge in [0.15, 0.2) is 0 Å². The van der Waals surface area contributed by atoms with Crippen LogP contribution in [0.25, 0.3) is 11.1 Å². The van der Waals surface area contributed by atoms with Crippen LogP contribution < -0.4 is 5.32 Å². The number of fused-ring (bicyclic) bond motifs is 3. The van der Waals surface area contributed by atoms with Crippen LogP contribution in [0.2, 0.25) is 0 Å². The minimum atomic E-state index is -0.942. The van der Waals surface area contributed by atoms with Gasteiger partial charge in [0, 0.05) is 24.8 Å². The lowest BCUT2D eigenvalue weighted by Crippen LogP contribution is -2.52. The lowest BCUT2D eigenvalue weighted by molar-refractivity contribution is -0.153. The molecule has 2 N–H and O–H groups in total. The van der Waals surface area contributed by atoms with Crippen molar-refractivity contribution in [2.75, 3.05) is 31.2 Å². The maximum Gasteiger partial charge on any atom is 0.407 e. The van der Waals surface area contributed by atoms with E-state index in [4.69, 9.17) is 4.74 Å². The normalized spacial score (nSPS) is 19.3. The van der Waals surface area contributed by atoms with E-state index >= 15 is 0 Å². The van der Waals surface area contributed by atoms with Gasteiger partial charge in [0.05, 0.1) is 5.75 Å². The van der Waals surface area contributed by atoms with E-state index in [1.54, 1.807) is 0 Å². The molecule has 2 atom stereocenters. The highest BCUT2D eigenvalue weighted by atomic mass is 32.2. The fourth-order valence-corrected chi connectivity index (χ4v) is 5.69. The number of piperidine rings is 1. The molecule has 2 amide bonds. The lowest BCUT2D eigenvalue weighted by atomic mass is 9.91. The van der Waals surface area contributed by atoms with E-state index in [0.717, 1.165) is 24.0 Å². The summed E-state index contributed by atoms with van der Waals surface area (Å²) >= 11 is 1.38. The predicted molar refractivity (Wildman–Crippen MR) is 132 cm³/mol. The van der Waals surface area contributed by atoms with Gasteiger partial charge in [0.2, 0.25) is 5.91 Å².